The Morgan fingerprint density at radius 1 is 1.29 bits per heavy atom. The van der Waals surface area contributed by atoms with Crippen LogP contribution in [0.4, 0.5) is 0 Å². The Hall–Kier alpha value is -1.49. The molecule has 3 heterocycles. The number of fused-ring (bicyclic) bond motifs is 2. The summed E-state index contributed by atoms with van der Waals surface area (Å²) in [5.41, 5.74) is 0.401. The summed E-state index contributed by atoms with van der Waals surface area (Å²) in [6.07, 6.45) is 9.16. The number of aromatic nitrogens is 2. The van der Waals surface area contributed by atoms with Crippen LogP contribution in [-0.4, -0.2) is 34.0 Å². The van der Waals surface area contributed by atoms with Crippen molar-refractivity contribution in [1.29, 1.82) is 0 Å². The molecule has 5 heteroatoms. The zero-order chi connectivity index (χ0) is 11.7. The van der Waals surface area contributed by atoms with E-state index >= 15 is 0 Å². The number of nitrogens with one attached hydrogen (secondary N) is 2. The van der Waals surface area contributed by atoms with Gasteiger partial charge in [-0.25, -0.2) is 4.98 Å². The van der Waals surface area contributed by atoms with Gasteiger partial charge in [-0.3, -0.25) is 9.78 Å². The van der Waals surface area contributed by atoms with Crippen LogP contribution in [0.5, 0.6) is 0 Å². The fourth-order valence-electron chi connectivity index (χ4n) is 2.85. The molecule has 2 unspecified atom stereocenters. The van der Waals surface area contributed by atoms with Gasteiger partial charge in [-0.15, -0.1) is 0 Å². The van der Waals surface area contributed by atoms with Crippen molar-refractivity contribution in [3.63, 3.8) is 0 Å². The second kappa shape index (κ2) is 4.41. The molecule has 1 amide bonds. The number of hydrogen-bond acceptors (Lipinski definition) is 4. The first-order valence-corrected chi connectivity index (χ1v) is 6.14. The molecule has 0 spiro atoms. The van der Waals surface area contributed by atoms with Crippen molar-refractivity contribution in [2.75, 3.05) is 0 Å². The van der Waals surface area contributed by atoms with E-state index in [1.54, 1.807) is 12.4 Å². The summed E-state index contributed by atoms with van der Waals surface area (Å²) in [6.45, 7) is 0. The van der Waals surface area contributed by atoms with Crippen LogP contribution in [0.2, 0.25) is 0 Å². The average Bonchev–Trinajstić information content (AvgIpc) is 2.70. The van der Waals surface area contributed by atoms with Crippen molar-refractivity contribution in [2.45, 2.75) is 43.8 Å². The largest absolute Gasteiger partial charge is 0.348 e. The Morgan fingerprint density at radius 3 is 2.71 bits per heavy atom. The third-order valence-corrected chi connectivity index (χ3v) is 3.60. The van der Waals surface area contributed by atoms with Crippen molar-refractivity contribution >= 4 is 5.91 Å². The van der Waals surface area contributed by atoms with Gasteiger partial charge in [0, 0.05) is 30.5 Å². The van der Waals surface area contributed by atoms with Gasteiger partial charge in [0.25, 0.3) is 5.91 Å². The number of carbonyl (C=O) groups is 1. The minimum atomic E-state index is -0.107. The molecule has 2 fully saturated rings. The minimum Gasteiger partial charge on any atom is -0.348 e. The number of rotatable bonds is 2. The molecule has 2 atom stereocenters. The van der Waals surface area contributed by atoms with E-state index in [0.29, 0.717) is 17.8 Å². The minimum absolute atomic E-state index is 0.107. The molecule has 3 rings (SSSR count). The molecule has 2 aliphatic heterocycles. The Balaban J connectivity index is 1.62. The number of nitrogens with zero attached hydrogens (tertiary/aromatic N) is 2. The highest BCUT2D eigenvalue weighted by molar-refractivity contribution is 5.92. The van der Waals surface area contributed by atoms with Crippen LogP contribution in [0.25, 0.3) is 0 Å². The van der Waals surface area contributed by atoms with Crippen LogP contribution in [-0.2, 0) is 0 Å². The predicted octanol–water partition coefficient (Wildman–Crippen LogP) is 0.489. The van der Waals surface area contributed by atoms with E-state index in [0.717, 1.165) is 12.8 Å². The van der Waals surface area contributed by atoms with E-state index in [4.69, 9.17) is 0 Å². The third-order valence-electron chi connectivity index (χ3n) is 3.60. The molecule has 0 saturated carbocycles. The van der Waals surface area contributed by atoms with Crippen LogP contribution in [0, 0.1) is 0 Å². The topological polar surface area (TPSA) is 66.9 Å². The summed E-state index contributed by atoms with van der Waals surface area (Å²) >= 11 is 0. The van der Waals surface area contributed by atoms with Gasteiger partial charge < -0.3 is 10.6 Å². The van der Waals surface area contributed by atoms with Gasteiger partial charge in [0.1, 0.15) is 5.69 Å². The maximum atomic E-state index is 11.9. The molecule has 2 N–H and O–H groups in total. The monoisotopic (exact) mass is 232 g/mol. The van der Waals surface area contributed by atoms with Crippen LogP contribution >= 0.6 is 0 Å². The molecule has 1 aromatic heterocycles. The first-order valence-electron chi connectivity index (χ1n) is 6.14. The standard InChI is InChI=1S/C12H16N4O/c17-12(11-7-13-3-4-14-11)16-10-5-8-1-2-9(6-10)15-8/h3-4,7-10,15H,1-2,5-6H2,(H,16,17). The van der Waals surface area contributed by atoms with Crippen molar-refractivity contribution in [3.8, 4) is 0 Å². The highest BCUT2D eigenvalue weighted by Crippen LogP contribution is 2.26. The second-order valence-electron chi connectivity index (χ2n) is 4.87. The fourth-order valence-corrected chi connectivity index (χ4v) is 2.85. The summed E-state index contributed by atoms with van der Waals surface area (Å²) in [4.78, 5) is 19.8. The summed E-state index contributed by atoms with van der Waals surface area (Å²) in [5, 5.41) is 6.61. The van der Waals surface area contributed by atoms with E-state index < -0.39 is 0 Å². The molecule has 0 aromatic carbocycles. The summed E-state index contributed by atoms with van der Waals surface area (Å²) in [5.74, 6) is -0.107. The van der Waals surface area contributed by atoms with Gasteiger partial charge in [-0.2, -0.15) is 0 Å². The Kier molecular flexibility index (Phi) is 2.76. The zero-order valence-electron chi connectivity index (χ0n) is 9.60. The summed E-state index contributed by atoms with van der Waals surface area (Å²) in [6, 6.07) is 1.45. The maximum absolute atomic E-state index is 11.9. The van der Waals surface area contributed by atoms with Crippen molar-refractivity contribution in [1.82, 2.24) is 20.6 Å². The Labute approximate surface area is 100 Å². The zero-order valence-corrected chi connectivity index (χ0v) is 9.60. The summed E-state index contributed by atoms with van der Waals surface area (Å²) < 4.78 is 0. The van der Waals surface area contributed by atoms with Gasteiger partial charge >= 0.3 is 0 Å². The molecule has 2 aliphatic rings. The first-order chi connectivity index (χ1) is 8.31. The number of piperidine rings is 1. The molecular formula is C12H16N4O. The smallest absolute Gasteiger partial charge is 0.271 e. The number of hydrogen-bond donors (Lipinski definition) is 2. The predicted molar refractivity (Wildman–Crippen MR) is 62.5 cm³/mol. The summed E-state index contributed by atoms with van der Waals surface area (Å²) in [7, 11) is 0. The lowest BCUT2D eigenvalue weighted by molar-refractivity contribution is 0.0918. The SMILES string of the molecule is O=C(NC1CC2CCC(C1)N2)c1cnccn1. The van der Waals surface area contributed by atoms with Gasteiger partial charge in [-0.05, 0) is 25.7 Å². The average molecular weight is 232 g/mol. The van der Waals surface area contributed by atoms with Crippen molar-refractivity contribution < 1.29 is 4.79 Å². The second-order valence-corrected chi connectivity index (χ2v) is 4.87. The molecule has 0 aliphatic carbocycles. The molecule has 2 saturated heterocycles. The molecule has 2 bridgehead atoms. The molecule has 90 valence electrons. The molecule has 0 radical (unpaired) electrons. The van der Waals surface area contributed by atoms with Gasteiger partial charge in [0.2, 0.25) is 0 Å². The van der Waals surface area contributed by atoms with E-state index in [1.165, 1.54) is 19.0 Å². The van der Waals surface area contributed by atoms with Crippen LogP contribution in [0.1, 0.15) is 36.2 Å². The van der Waals surface area contributed by atoms with Gasteiger partial charge in [0.05, 0.1) is 6.20 Å². The fraction of sp³-hybridized carbons (Fsp3) is 0.583. The lowest BCUT2D eigenvalue weighted by atomic mass is 10.00. The van der Waals surface area contributed by atoms with Crippen molar-refractivity contribution in [2.24, 2.45) is 0 Å². The van der Waals surface area contributed by atoms with Crippen LogP contribution in [0.15, 0.2) is 18.6 Å². The molecule has 1 aromatic rings. The number of carbonyl (C=O) groups excluding carboxylic acids is 1. The highest BCUT2D eigenvalue weighted by Gasteiger charge is 2.34. The Bertz CT molecular complexity index is 396. The molecule has 5 nitrogen and oxygen atoms in total. The molecule has 17 heavy (non-hydrogen) atoms. The van der Waals surface area contributed by atoms with Gasteiger partial charge in [0.15, 0.2) is 0 Å². The van der Waals surface area contributed by atoms with E-state index in [9.17, 15) is 4.79 Å². The highest BCUT2D eigenvalue weighted by atomic mass is 16.1. The van der Waals surface area contributed by atoms with Gasteiger partial charge in [-0.1, -0.05) is 0 Å². The van der Waals surface area contributed by atoms with Crippen molar-refractivity contribution in [3.05, 3.63) is 24.3 Å². The van der Waals surface area contributed by atoms with E-state index in [1.807, 2.05) is 0 Å². The van der Waals surface area contributed by atoms with Crippen LogP contribution < -0.4 is 10.6 Å². The van der Waals surface area contributed by atoms with Crippen LogP contribution in [0.3, 0.4) is 0 Å². The molecular weight excluding hydrogens is 216 g/mol. The normalized spacial score (nSPS) is 31.2. The van der Waals surface area contributed by atoms with E-state index in [-0.39, 0.29) is 11.9 Å². The number of amides is 1. The quantitative estimate of drug-likeness (QED) is 0.778. The first kappa shape index (κ1) is 10.7. The van der Waals surface area contributed by atoms with E-state index in [2.05, 4.69) is 20.6 Å². The maximum Gasteiger partial charge on any atom is 0.271 e. The third kappa shape index (κ3) is 2.29. The lowest BCUT2D eigenvalue weighted by Crippen LogP contribution is -2.48. The lowest BCUT2D eigenvalue weighted by Gasteiger charge is -2.29. The Morgan fingerprint density at radius 2 is 2.06 bits per heavy atom.